The van der Waals surface area contributed by atoms with Crippen molar-refractivity contribution in [1.82, 2.24) is 0 Å². The van der Waals surface area contributed by atoms with Crippen LogP contribution in [0.15, 0.2) is 18.2 Å². The lowest BCUT2D eigenvalue weighted by Gasteiger charge is -2.14. The van der Waals surface area contributed by atoms with Crippen molar-refractivity contribution >= 4 is 0 Å². The first-order chi connectivity index (χ1) is 7.71. The fraction of sp³-hybridized carbons (Fsp3) is 0.538. The molecule has 0 aliphatic carbocycles. The summed E-state index contributed by atoms with van der Waals surface area (Å²) in [7, 11) is 1.66. The molecule has 1 unspecified atom stereocenters. The van der Waals surface area contributed by atoms with Crippen LogP contribution in [0.1, 0.15) is 19.4 Å². The molecule has 0 fully saturated rings. The minimum absolute atomic E-state index is 0.357. The number of hydrogen-bond acceptors (Lipinski definition) is 3. The fourth-order valence-electron chi connectivity index (χ4n) is 1.35. The molecule has 0 aliphatic heterocycles. The zero-order chi connectivity index (χ0) is 12.0. The Morgan fingerprint density at radius 3 is 2.62 bits per heavy atom. The lowest BCUT2D eigenvalue weighted by Crippen LogP contribution is -2.18. The molecule has 1 aromatic carbocycles. The van der Waals surface area contributed by atoms with E-state index in [2.05, 4.69) is 19.9 Å². The third-order valence-corrected chi connectivity index (χ3v) is 2.56. The molecule has 0 aromatic heterocycles. The normalized spacial score (nSPS) is 12.2. The van der Waals surface area contributed by atoms with Gasteiger partial charge in [0.15, 0.2) is 11.5 Å². The van der Waals surface area contributed by atoms with E-state index in [1.165, 1.54) is 5.56 Å². The van der Waals surface area contributed by atoms with Gasteiger partial charge >= 0.3 is 0 Å². The van der Waals surface area contributed by atoms with Crippen molar-refractivity contribution in [2.75, 3.05) is 20.3 Å². The van der Waals surface area contributed by atoms with Crippen LogP contribution in [0.2, 0.25) is 0 Å². The number of hydrogen-bond donors (Lipinski definition) is 1. The van der Waals surface area contributed by atoms with Crippen molar-refractivity contribution in [2.45, 2.75) is 20.3 Å². The molecule has 0 saturated carbocycles. The molecule has 16 heavy (non-hydrogen) atoms. The minimum atomic E-state index is 0.357. The van der Waals surface area contributed by atoms with Gasteiger partial charge < -0.3 is 15.2 Å². The van der Waals surface area contributed by atoms with Gasteiger partial charge in [0, 0.05) is 5.92 Å². The molecule has 90 valence electrons. The van der Waals surface area contributed by atoms with Crippen molar-refractivity contribution in [1.29, 1.82) is 0 Å². The summed E-state index contributed by atoms with van der Waals surface area (Å²) in [5.41, 5.74) is 6.79. The first-order valence-corrected chi connectivity index (χ1v) is 5.71. The molecule has 0 spiro atoms. The molecular weight excluding hydrogens is 202 g/mol. The molecule has 1 rings (SSSR count). The molecule has 0 radical (unpaired) electrons. The lowest BCUT2D eigenvalue weighted by atomic mass is 10.1. The Balaban J connectivity index is 2.71. The first kappa shape index (κ1) is 12.8. The van der Waals surface area contributed by atoms with Gasteiger partial charge in [-0.2, -0.15) is 0 Å². The molecule has 1 aromatic rings. The third kappa shape index (κ3) is 3.42. The van der Waals surface area contributed by atoms with Gasteiger partial charge in [0.05, 0.1) is 13.7 Å². The van der Waals surface area contributed by atoms with Gasteiger partial charge in [0.25, 0.3) is 0 Å². The van der Waals surface area contributed by atoms with Gasteiger partial charge in [-0.3, -0.25) is 0 Å². The largest absolute Gasteiger partial charge is 0.493 e. The third-order valence-electron chi connectivity index (χ3n) is 2.56. The van der Waals surface area contributed by atoms with Crippen molar-refractivity contribution < 1.29 is 9.47 Å². The molecule has 2 N–H and O–H groups in total. The lowest BCUT2D eigenvalue weighted by molar-refractivity contribution is 0.251. The van der Waals surface area contributed by atoms with E-state index in [0.29, 0.717) is 19.1 Å². The number of methoxy groups -OCH3 is 1. The van der Waals surface area contributed by atoms with E-state index < -0.39 is 0 Å². The molecule has 1 atom stereocenters. The maximum absolute atomic E-state index is 5.68. The number of benzene rings is 1. The number of ether oxygens (including phenoxy) is 2. The first-order valence-electron chi connectivity index (χ1n) is 5.71. The highest BCUT2D eigenvalue weighted by Gasteiger charge is 2.07. The number of rotatable bonds is 6. The van der Waals surface area contributed by atoms with Crippen molar-refractivity contribution in [3.05, 3.63) is 23.8 Å². The highest BCUT2D eigenvalue weighted by atomic mass is 16.5. The van der Waals surface area contributed by atoms with Crippen molar-refractivity contribution in [2.24, 2.45) is 11.7 Å². The van der Waals surface area contributed by atoms with Gasteiger partial charge in [0.1, 0.15) is 0 Å². The summed E-state index contributed by atoms with van der Waals surface area (Å²) in [4.78, 5) is 0. The summed E-state index contributed by atoms with van der Waals surface area (Å²) >= 11 is 0. The van der Waals surface area contributed by atoms with Crippen LogP contribution in [0.4, 0.5) is 0 Å². The molecule has 0 heterocycles. The summed E-state index contributed by atoms with van der Waals surface area (Å²) in [5.74, 6) is 1.94. The molecule has 3 nitrogen and oxygen atoms in total. The van der Waals surface area contributed by atoms with E-state index in [9.17, 15) is 0 Å². The predicted octanol–water partition coefficient (Wildman–Crippen LogP) is 2.23. The quantitative estimate of drug-likeness (QED) is 0.804. The molecule has 0 bridgehead atoms. The van der Waals surface area contributed by atoms with Gasteiger partial charge in [0.2, 0.25) is 0 Å². The van der Waals surface area contributed by atoms with Crippen LogP contribution in [-0.4, -0.2) is 20.3 Å². The topological polar surface area (TPSA) is 44.5 Å². The Labute approximate surface area is 97.6 Å². The average molecular weight is 223 g/mol. The average Bonchev–Trinajstić information content (AvgIpc) is 2.35. The van der Waals surface area contributed by atoms with Crippen LogP contribution >= 0.6 is 0 Å². The van der Waals surface area contributed by atoms with E-state index >= 15 is 0 Å². The highest BCUT2D eigenvalue weighted by Crippen LogP contribution is 2.28. The summed E-state index contributed by atoms with van der Waals surface area (Å²) in [6.07, 6.45) is 0.996. The van der Waals surface area contributed by atoms with E-state index in [4.69, 9.17) is 15.2 Å². The fourth-order valence-corrected chi connectivity index (χ4v) is 1.35. The van der Waals surface area contributed by atoms with Crippen LogP contribution in [0.25, 0.3) is 0 Å². The van der Waals surface area contributed by atoms with Crippen LogP contribution in [0.3, 0.4) is 0 Å². The van der Waals surface area contributed by atoms with E-state index in [1.54, 1.807) is 7.11 Å². The van der Waals surface area contributed by atoms with Gasteiger partial charge in [-0.25, -0.2) is 0 Å². The highest BCUT2D eigenvalue weighted by molar-refractivity contribution is 5.42. The van der Waals surface area contributed by atoms with Gasteiger partial charge in [-0.15, -0.1) is 0 Å². The second-order valence-corrected chi connectivity index (χ2v) is 3.99. The number of nitrogens with two attached hydrogens (primary N) is 1. The standard InChI is InChI=1S/C13H21NO2/c1-4-11-5-6-12(13(7-11)15-3)16-9-10(2)8-14/h5-7,10H,4,8-9,14H2,1-3H3. The van der Waals surface area contributed by atoms with Gasteiger partial charge in [-0.05, 0) is 30.7 Å². The molecule has 0 amide bonds. The smallest absolute Gasteiger partial charge is 0.161 e. The Morgan fingerprint density at radius 1 is 1.31 bits per heavy atom. The second-order valence-electron chi connectivity index (χ2n) is 3.99. The minimum Gasteiger partial charge on any atom is -0.493 e. The SMILES string of the molecule is CCc1ccc(OCC(C)CN)c(OC)c1. The van der Waals surface area contributed by atoms with Crippen molar-refractivity contribution in [3.8, 4) is 11.5 Å². The van der Waals surface area contributed by atoms with Crippen LogP contribution in [0.5, 0.6) is 11.5 Å². The van der Waals surface area contributed by atoms with Crippen molar-refractivity contribution in [3.63, 3.8) is 0 Å². The Kier molecular flexibility index (Phi) is 5.12. The Morgan fingerprint density at radius 2 is 2.06 bits per heavy atom. The molecule has 0 aliphatic rings. The zero-order valence-electron chi connectivity index (χ0n) is 10.3. The monoisotopic (exact) mass is 223 g/mol. The van der Waals surface area contributed by atoms with Crippen LogP contribution in [-0.2, 0) is 6.42 Å². The molecule has 0 saturated heterocycles. The second kappa shape index (κ2) is 6.38. The predicted molar refractivity (Wildman–Crippen MR) is 66.1 cm³/mol. The van der Waals surface area contributed by atoms with E-state index in [1.807, 2.05) is 12.1 Å². The summed E-state index contributed by atoms with van der Waals surface area (Å²) in [5, 5.41) is 0. The zero-order valence-corrected chi connectivity index (χ0v) is 10.3. The maximum atomic E-state index is 5.68. The summed E-state index contributed by atoms with van der Waals surface area (Å²) in [6, 6.07) is 6.04. The van der Waals surface area contributed by atoms with E-state index in [-0.39, 0.29) is 0 Å². The maximum Gasteiger partial charge on any atom is 0.161 e. The molecule has 3 heteroatoms. The van der Waals surface area contributed by atoms with Gasteiger partial charge in [-0.1, -0.05) is 19.9 Å². The Hall–Kier alpha value is -1.22. The van der Waals surface area contributed by atoms with E-state index in [0.717, 1.165) is 17.9 Å². The molecular formula is C13H21NO2. The Bertz CT molecular complexity index is 326. The summed E-state index contributed by atoms with van der Waals surface area (Å²) in [6.45, 7) is 5.44. The number of aryl methyl sites for hydroxylation is 1. The summed E-state index contributed by atoms with van der Waals surface area (Å²) < 4.78 is 11.0. The van der Waals surface area contributed by atoms with Crippen LogP contribution < -0.4 is 15.2 Å². The van der Waals surface area contributed by atoms with Crippen LogP contribution in [0, 0.1) is 5.92 Å².